The van der Waals surface area contributed by atoms with Gasteiger partial charge in [0.15, 0.2) is 5.76 Å². The molecule has 164 valence electrons. The molecule has 8 heteroatoms. The molecule has 1 heterocycles. The van der Waals surface area contributed by atoms with Gasteiger partial charge in [0.25, 0.3) is 5.91 Å². The molecule has 3 rings (SSSR count). The normalized spacial score (nSPS) is 10.6. The Bertz CT molecular complexity index is 1000. The number of amides is 1. The fourth-order valence-corrected chi connectivity index (χ4v) is 3.08. The zero-order valence-corrected chi connectivity index (χ0v) is 18.1. The second kappa shape index (κ2) is 10.5. The molecule has 0 radical (unpaired) electrons. The van der Waals surface area contributed by atoms with Crippen LogP contribution in [0.5, 0.6) is 17.2 Å². The van der Waals surface area contributed by atoms with Crippen molar-refractivity contribution in [3.63, 3.8) is 0 Å². The summed E-state index contributed by atoms with van der Waals surface area (Å²) in [6.45, 7) is 1.09. The highest BCUT2D eigenvalue weighted by atomic mass is 16.5. The van der Waals surface area contributed by atoms with Crippen molar-refractivity contribution in [3.05, 3.63) is 59.8 Å². The number of ether oxygens (including phenoxy) is 4. The number of hydrogen-bond donors (Lipinski definition) is 0. The lowest BCUT2D eigenvalue weighted by atomic mass is 10.1. The van der Waals surface area contributed by atoms with Crippen LogP contribution in [0.4, 0.5) is 0 Å². The Morgan fingerprint density at radius 1 is 0.935 bits per heavy atom. The van der Waals surface area contributed by atoms with E-state index in [1.54, 1.807) is 69.7 Å². The van der Waals surface area contributed by atoms with Crippen LogP contribution in [0.3, 0.4) is 0 Å². The van der Waals surface area contributed by atoms with Gasteiger partial charge in [-0.05, 0) is 36.4 Å². The lowest BCUT2D eigenvalue weighted by Gasteiger charge is -2.21. The average molecular weight is 426 g/mol. The molecule has 0 unspecified atom stereocenters. The van der Waals surface area contributed by atoms with Crippen molar-refractivity contribution in [2.45, 2.75) is 6.54 Å². The third-order valence-corrected chi connectivity index (χ3v) is 4.78. The largest absolute Gasteiger partial charge is 0.497 e. The number of carbonyl (C=O) groups is 1. The molecule has 0 atom stereocenters. The predicted molar refractivity (Wildman–Crippen MR) is 115 cm³/mol. The van der Waals surface area contributed by atoms with Crippen molar-refractivity contribution in [3.8, 4) is 28.6 Å². The van der Waals surface area contributed by atoms with Gasteiger partial charge >= 0.3 is 0 Å². The third-order valence-electron chi connectivity index (χ3n) is 4.78. The fraction of sp³-hybridized carbons (Fsp3) is 0.304. The van der Waals surface area contributed by atoms with Gasteiger partial charge in [0.1, 0.15) is 22.9 Å². The van der Waals surface area contributed by atoms with Crippen LogP contribution in [-0.4, -0.2) is 57.6 Å². The molecule has 2 aromatic carbocycles. The summed E-state index contributed by atoms with van der Waals surface area (Å²) in [6.07, 6.45) is 0. The summed E-state index contributed by atoms with van der Waals surface area (Å²) >= 11 is 0. The number of hydrogen-bond acceptors (Lipinski definition) is 7. The van der Waals surface area contributed by atoms with E-state index in [0.717, 1.165) is 5.56 Å². The summed E-state index contributed by atoms with van der Waals surface area (Å²) in [7, 11) is 6.35. The van der Waals surface area contributed by atoms with Crippen LogP contribution in [0.1, 0.15) is 16.1 Å². The Morgan fingerprint density at radius 2 is 1.65 bits per heavy atom. The van der Waals surface area contributed by atoms with E-state index in [0.29, 0.717) is 47.4 Å². The lowest BCUT2D eigenvalue weighted by Crippen LogP contribution is -2.33. The first-order chi connectivity index (χ1) is 15.1. The first kappa shape index (κ1) is 22.2. The maximum Gasteiger partial charge on any atom is 0.254 e. The minimum absolute atomic E-state index is 0.133. The van der Waals surface area contributed by atoms with Gasteiger partial charge in [-0.2, -0.15) is 0 Å². The number of benzene rings is 2. The highest BCUT2D eigenvalue weighted by molar-refractivity contribution is 5.94. The lowest BCUT2D eigenvalue weighted by molar-refractivity contribution is 0.0676. The van der Waals surface area contributed by atoms with Crippen LogP contribution >= 0.6 is 0 Å². The summed E-state index contributed by atoms with van der Waals surface area (Å²) in [5, 5.41) is 4.15. The molecule has 0 N–H and O–H groups in total. The second-order valence-electron chi connectivity index (χ2n) is 6.70. The van der Waals surface area contributed by atoms with Gasteiger partial charge < -0.3 is 28.4 Å². The van der Waals surface area contributed by atoms with Crippen molar-refractivity contribution >= 4 is 5.91 Å². The predicted octanol–water partition coefficient (Wildman–Crippen LogP) is 3.66. The molecule has 31 heavy (non-hydrogen) atoms. The topological polar surface area (TPSA) is 83.3 Å². The van der Waals surface area contributed by atoms with Crippen LogP contribution in [-0.2, 0) is 11.3 Å². The molecule has 0 spiro atoms. The summed E-state index contributed by atoms with van der Waals surface area (Å²) in [6, 6.07) is 14.2. The molecule has 8 nitrogen and oxygen atoms in total. The molecular weight excluding hydrogens is 400 g/mol. The third kappa shape index (κ3) is 5.35. The maximum absolute atomic E-state index is 13.0. The van der Waals surface area contributed by atoms with Gasteiger partial charge in [0.05, 0.1) is 40.0 Å². The van der Waals surface area contributed by atoms with Gasteiger partial charge in [0, 0.05) is 31.4 Å². The van der Waals surface area contributed by atoms with Crippen LogP contribution in [0.2, 0.25) is 0 Å². The molecule has 0 aliphatic carbocycles. The zero-order valence-electron chi connectivity index (χ0n) is 18.1. The van der Waals surface area contributed by atoms with Gasteiger partial charge in [-0.3, -0.25) is 4.79 Å². The molecule has 0 fully saturated rings. The second-order valence-corrected chi connectivity index (χ2v) is 6.70. The van der Waals surface area contributed by atoms with Crippen molar-refractivity contribution in [1.82, 2.24) is 10.1 Å². The zero-order chi connectivity index (χ0) is 22.2. The molecule has 1 aromatic heterocycles. The minimum Gasteiger partial charge on any atom is -0.497 e. The summed E-state index contributed by atoms with van der Waals surface area (Å²) in [5.41, 5.74) is 1.91. The maximum atomic E-state index is 13.0. The Labute approximate surface area is 181 Å². The Morgan fingerprint density at radius 3 is 2.29 bits per heavy atom. The van der Waals surface area contributed by atoms with Gasteiger partial charge in [0.2, 0.25) is 0 Å². The fourth-order valence-electron chi connectivity index (χ4n) is 3.08. The van der Waals surface area contributed by atoms with E-state index in [9.17, 15) is 4.79 Å². The van der Waals surface area contributed by atoms with Crippen molar-refractivity contribution in [2.75, 3.05) is 41.6 Å². The van der Waals surface area contributed by atoms with E-state index in [1.165, 1.54) is 0 Å². The highest BCUT2D eigenvalue weighted by Crippen LogP contribution is 2.33. The van der Waals surface area contributed by atoms with E-state index < -0.39 is 0 Å². The number of methoxy groups -OCH3 is 4. The average Bonchev–Trinajstić information content (AvgIpc) is 3.29. The van der Waals surface area contributed by atoms with Crippen LogP contribution in [0.25, 0.3) is 11.3 Å². The van der Waals surface area contributed by atoms with Crippen molar-refractivity contribution in [1.29, 1.82) is 0 Å². The standard InChI is InChI=1S/C23H26N2O6/c1-27-12-11-25(23(26)16-5-7-18(28-2)8-6-16)15-17-13-22(31-24-17)20-10-9-19(29-3)14-21(20)30-4/h5-10,13-14H,11-12,15H2,1-4H3. The number of carbonyl (C=O) groups excluding carboxylic acids is 1. The molecule has 0 saturated carbocycles. The summed E-state index contributed by atoms with van der Waals surface area (Å²) < 4.78 is 26.5. The number of rotatable bonds is 10. The number of nitrogens with zero attached hydrogens (tertiary/aromatic N) is 2. The Hall–Kier alpha value is -3.52. The highest BCUT2D eigenvalue weighted by Gasteiger charge is 2.19. The van der Waals surface area contributed by atoms with Crippen LogP contribution in [0, 0.1) is 0 Å². The molecule has 1 amide bonds. The smallest absolute Gasteiger partial charge is 0.254 e. The molecule has 3 aromatic rings. The van der Waals surface area contributed by atoms with Gasteiger partial charge in [-0.1, -0.05) is 5.16 Å². The quantitative estimate of drug-likeness (QED) is 0.489. The van der Waals surface area contributed by atoms with Crippen LogP contribution < -0.4 is 14.2 Å². The van der Waals surface area contributed by atoms with E-state index in [-0.39, 0.29) is 12.5 Å². The van der Waals surface area contributed by atoms with E-state index >= 15 is 0 Å². The van der Waals surface area contributed by atoms with E-state index in [2.05, 4.69) is 5.16 Å². The Balaban J connectivity index is 1.81. The molecule has 0 aliphatic rings. The molecule has 0 bridgehead atoms. The van der Waals surface area contributed by atoms with Crippen molar-refractivity contribution in [2.24, 2.45) is 0 Å². The molecule has 0 saturated heterocycles. The molecule has 0 aliphatic heterocycles. The van der Waals surface area contributed by atoms with E-state index in [4.69, 9.17) is 23.5 Å². The van der Waals surface area contributed by atoms with Crippen LogP contribution in [0.15, 0.2) is 53.1 Å². The Kier molecular flexibility index (Phi) is 7.50. The first-order valence-corrected chi connectivity index (χ1v) is 9.69. The first-order valence-electron chi connectivity index (χ1n) is 9.69. The van der Waals surface area contributed by atoms with E-state index in [1.807, 2.05) is 12.1 Å². The summed E-state index contributed by atoms with van der Waals surface area (Å²) in [5.74, 6) is 2.38. The molecular formula is C23H26N2O6. The van der Waals surface area contributed by atoms with Crippen molar-refractivity contribution < 1.29 is 28.3 Å². The monoisotopic (exact) mass is 426 g/mol. The SMILES string of the molecule is COCCN(Cc1cc(-c2ccc(OC)cc2OC)on1)C(=O)c1ccc(OC)cc1. The summed E-state index contributed by atoms with van der Waals surface area (Å²) in [4.78, 5) is 14.7. The minimum atomic E-state index is -0.133. The van der Waals surface area contributed by atoms with Gasteiger partial charge in [-0.25, -0.2) is 0 Å². The number of aromatic nitrogens is 1. The van der Waals surface area contributed by atoms with Gasteiger partial charge in [-0.15, -0.1) is 0 Å².